The average molecular weight is 200 g/mol. The third kappa shape index (κ3) is 2.49. The Balaban J connectivity index is 2.25. The molecule has 0 radical (unpaired) electrons. The van der Waals surface area contributed by atoms with Gasteiger partial charge in [0.15, 0.2) is 0 Å². The summed E-state index contributed by atoms with van der Waals surface area (Å²) >= 11 is 0. The molecule has 2 heterocycles. The number of aryl methyl sites for hydroxylation is 1. The van der Waals surface area contributed by atoms with Gasteiger partial charge in [-0.1, -0.05) is 6.07 Å². The maximum absolute atomic E-state index is 5.65. The van der Waals surface area contributed by atoms with E-state index in [0.29, 0.717) is 11.6 Å². The summed E-state index contributed by atoms with van der Waals surface area (Å²) in [6.45, 7) is 1.84. The van der Waals surface area contributed by atoms with Crippen LogP contribution in [0.2, 0.25) is 0 Å². The van der Waals surface area contributed by atoms with E-state index in [0.717, 1.165) is 17.7 Å². The monoisotopic (exact) mass is 200 g/mol. The Hall–Kier alpha value is -1.97. The molecule has 0 atom stereocenters. The van der Waals surface area contributed by atoms with Crippen LogP contribution in [0.4, 0.5) is 5.82 Å². The normalized spacial score (nSPS) is 10.2. The Morgan fingerprint density at radius 3 is 2.87 bits per heavy atom. The number of hydrogen-bond acceptors (Lipinski definition) is 4. The second-order valence-electron chi connectivity index (χ2n) is 3.37. The maximum Gasteiger partial charge on any atom is 0.127 e. The summed E-state index contributed by atoms with van der Waals surface area (Å²) in [4.78, 5) is 12.4. The van der Waals surface area contributed by atoms with Crippen molar-refractivity contribution in [2.75, 3.05) is 5.73 Å². The van der Waals surface area contributed by atoms with E-state index >= 15 is 0 Å². The molecule has 0 aliphatic rings. The lowest BCUT2D eigenvalue weighted by Gasteiger charge is -2.02. The molecule has 2 aromatic heterocycles. The average Bonchev–Trinajstić information content (AvgIpc) is 2.17. The fraction of sp³-hybridized carbons (Fsp3) is 0.182. The molecular formula is C11H12N4. The number of nitrogens with two attached hydrogens (primary N) is 1. The summed E-state index contributed by atoms with van der Waals surface area (Å²) in [5.74, 6) is 1.22. The van der Waals surface area contributed by atoms with E-state index in [1.807, 2.05) is 25.3 Å². The fourth-order valence-electron chi connectivity index (χ4n) is 1.46. The van der Waals surface area contributed by atoms with Gasteiger partial charge in [-0.05, 0) is 18.6 Å². The predicted molar refractivity (Wildman–Crippen MR) is 58.2 cm³/mol. The van der Waals surface area contributed by atoms with Crippen LogP contribution in [-0.4, -0.2) is 15.0 Å². The van der Waals surface area contributed by atoms with Crippen LogP contribution in [0, 0.1) is 6.92 Å². The van der Waals surface area contributed by atoms with Gasteiger partial charge in [0.05, 0.1) is 5.69 Å². The van der Waals surface area contributed by atoms with Gasteiger partial charge in [-0.15, -0.1) is 0 Å². The third-order valence-corrected chi connectivity index (χ3v) is 2.02. The quantitative estimate of drug-likeness (QED) is 0.794. The van der Waals surface area contributed by atoms with Gasteiger partial charge >= 0.3 is 0 Å². The van der Waals surface area contributed by atoms with Crippen LogP contribution in [0.1, 0.15) is 17.1 Å². The van der Waals surface area contributed by atoms with Crippen LogP contribution in [0.15, 0.2) is 30.6 Å². The molecule has 2 rings (SSSR count). The van der Waals surface area contributed by atoms with Crippen LogP contribution in [0.5, 0.6) is 0 Å². The van der Waals surface area contributed by atoms with Gasteiger partial charge in [0.2, 0.25) is 0 Å². The largest absolute Gasteiger partial charge is 0.384 e. The van der Waals surface area contributed by atoms with Gasteiger partial charge < -0.3 is 5.73 Å². The molecule has 0 saturated carbocycles. The molecule has 76 valence electrons. The molecule has 0 spiro atoms. The van der Waals surface area contributed by atoms with E-state index in [1.165, 1.54) is 0 Å². The first-order chi connectivity index (χ1) is 7.24. The predicted octanol–water partition coefficient (Wildman–Crippen LogP) is 1.35. The van der Waals surface area contributed by atoms with Gasteiger partial charge in [-0.25, -0.2) is 9.97 Å². The Labute approximate surface area is 88.2 Å². The van der Waals surface area contributed by atoms with Crippen molar-refractivity contribution in [3.63, 3.8) is 0 Å². The fourth-order valence-corrected chi connectivity index (χ4v) is 1.46. The third-order valence-electron chi connectivity index (χ3n) is 2.02. The van der Waals surface area contributed by atoms with Crippen LogP contribution in [0.3, 0.4) is 0 Å². The minimum atomic E-state index is 0.515. The zero-order valence-corrected chi connectivity index (χ0v) is 8.51. The molecule has 0 aliphatic carbocycles. The van der Waals surface area contributed by atoms with Gasteiger partial charge in [0.25, 0.3) is 0 Å². The van der Waals surface area contributed by atoms with Crippen molar-refractivity contribution in [1.82, 2.24) is 15.0 Å². The molecule has 0 saturated heterocycles. The Kier molecular flexibility index (Phi) is 2.58. The second kappa shape index (κ2) is 4.04. The molecular weight excluding hydrogens is 188 g/mol. The maximum atomic E-state index is 5.65. The van der Waals surface area contributed by atoms with Crippen LogP contribution >= 0.6 is 0 Å². The van der Waals surface area contributed by atoms with Crippen LogP contribution in [0.25, 0.3) is 0 Å². The molecule has 0 amide bonds. The molecule has 2 aromatic rings. The molecule has 4 nitrogen and oxygen atoms in total. The zero-order chi connectivity index (χ0) is 10.7. The molecule has 0 bridgehead atoms. The number of nitrogen functional groups attached to an aromatic ring is 1. The van der Waals surface area contributed by atoms with E-state index in [9.17, 15) is 0 Å². The molecule has 0 unspecified atom stereocenters. The van der Waals surface area contributed by atoms with Crippen molar-refractivity contribution >= 4 is 5.82 Å². The van der Waals surface area contributed by atoms with E-state index in [-0.39, 0.29) is 0 Å². The molecule has 15 heavy (non-hydrogen) atoms. The Bertz CT molecular complexity index is 433. The number of hydrogen-bond donors (Lipinski definition) is 1. The number of anilines is 1. The van der Waals surface area contributed by atoms with Crippen LogP contribution in [-0.2, 0) is 6.42 Å². The highest BCUT2D eigenvalue weighted by Crippen LogP contribution is 2.08. The second-order valence-corrected chi connectivity index (χ2v) is 3.37. The standard InChI is InChI=1S/C11H12N4/c1-8-14-10(6-11(12)15-8)5-9-3-2-4-13-7-9/h2-4,6-7H,5H2,1H3,(H2,12,14,15). The number of nitrogens with zero attached hydrogens (tertiary/aromatic N) is 3. The number of rotatable bonds is 2. The zero-order valence-electron chi connectivity index (χ0n) is 8.51. The van der Waals surface area contributed by atoms with Gasteiger partial charge in [-0.2, -0.15) is 0 Å². The number of pyridine rings is 1. The summed E-state index contributed by atoms with van der Waals surface area (Å²) in [5, 5.41) is 0. The van der Waals surface area contributed by atoms with Crippen LogP contribution < -0.4 is 5.73 Å². The van der Waals surface area contributed by atoms with E-state index in [2.05, 4.69) is 15.0 Å². The lowest BCUT2D eigenvalue weighted by Crippen LogP contribution is -2.00. The first kappa shape index (κ1) is 9.58. The van der Waals surface area contributed by atoms with Gasteiger partial charge in [0, 0.05) is 24.9 Å². The van der Waals surface area contributed by atoms with Crippen molar-refractivity contribution in [3.8, 4) is 0 Å². The van der Waals surface area contributed by atoms with E-state index < -0.39 is 0 Å². The summed E-state index contributed by atoms with van der Waals surface area (Å²) in [6.07, 6.45) is 4.32. The smallest absolute Gasteiger partial charge is 0.127 e. The lowest BCUT2D eigenvalue weighted by atomic mass is 10.1. The van der Waals surface area contributed by atoms with Gasteiger partial charge in [0.1, 0.15) is 11.6 Å². The molecule has 2 N–H and O–H groups in total. The topological polar surface area (TPSA) is 64.7 Å². The summed E-state index contributed by atoms with van der Waals surface area (Å²) in [5.41, 5.74) is 7.69. The van der Waals surface area contributed by atoms with Crippen molar-refractivity contribution in [2.45, 2.75) is 13.3 Å². The first-order valence-corrected chi connectivity index (χ1v) is 4.73. The number of aromatic nitrogens is 3. The highest BCUT2D eigenvalue weighted by atomic mass is 14.9. The first-order valence-electron chi connectivity index (χ1n) is 4.73. The molecule has 4 heteroatoms. The minimum Gasteiger partial charge on any atom is -0.384 e. The summed E-state index contributed by atoms with van der Waals surface area (Å²) in [7, 11) is 0. The molecule has 0 aromatic carbocycles. The Morgan fingerprint density at radius 2 is 2.20 bits per heavy atom. The SMILES string of the molecule is Cc1nc(N)cc(Cc2cccnc2)n1. The van der Waals surface area contributed by atoms with Crippen molar-refractivity contribution in [3.05, 3.63) is 47.7 Å². The van der Waals surface area contributed by atoms with E-state index in [1.54, 1.807) is 12.3 Å². The highest BCUT2D eigenvalue weighted by molar-refractivity contribution is 5.31. The van der Waals surface area contributed by atoms with Crippen molar-refractivity contribution in [2.24, 2.45) is 0 Å². The summed E-state index contributed by atoms with van der Waals surface area (Å²) < 4.78 is 0. The van der Waals surface area contributed by atoms with Gasteiger partial charge in [-0.3, -0.25) is 4.98 Å². The Morgan fingerprint density at radius 1 is 1.33 bits per heavy atom. The minimum absolute atomic E-state index is 0.515. The van der Waals surface area contributed by atoms with Crippen molar-refractivity contribution in [1.29, 1.82) is 0 Å². The molecule has 0 aliphatic heterocycles. The highest BCUT2D eigenvalue weighted by Gasteiger charge is 2.00. The summed E-state index contributed by atoms with van der Waals surface area (Å²) in [6, 6.07) is 5.72. The molecule has 0 fully saturated rings. The van der Waals surface area contributed by atoms with E-state index in [4.69, 9.17) is 5.73 Å². The van der Waals surface area contributed by atoms with Crippen molar-refractivity contribution < 1.29 is 0 Å². The lowest BCUT2D eigenvalue weighted by molar-refractivity contribution is 0.970.